The number of fused-ring (bicyclic) bond motifs is 1. The van der Waals surface area contributed by atoms with Gasteiger partial charge in [-0.3, -0.25) is 14.4 Å². The molecule has 2 aromatic rings. The standard InChI is InChI=1S/C21H22N2O4/c1-14-6-2-4-8-16(14)17(12-21(26)27)22-19(24)13-23-18-9-5-3-7-15(18)10-11-20(23)25/h2-9,17H,10-13H2,1H3,(H,22,24)(H,26,27). The zero-order chi connectivity index (χ0) is 19.4. The third-order valence-corrected chi connectivity index (χ3v) is 4.77. The Kier molecular flexibility index (Phi) is 5.54. The second kappa shape index (κ2) is 8.03. The Balaban J connectivity index is 1.78. The zero-order valence-corrected chi connectivity index (χ0v) is 15.1. The maximum atomic E-state index is 12.6. The van der Waals surface area contributed by atoms with Crippen LogP contribution in [0.5, 0.6) is 0 Å². The molecule has 3 rings (SSSR count). The van der Waals surface area contributed by atoms with Gasteiger partial charge in [-0.2, -0.15) is 0 Å². The van der Waals surface area contributed by atoms with Gasteiger partial charge in [-0.25, -0.2) is 0 Å². The number of aliphatic carboxylic acids is 1. The van der Waals surface area contributed by atoms with Gasteiger partial charge in [-0.15, -0.1) is 0 Å². The Morgan fingerprint density at radius 2 is 1.81 bits per heavy atom. The van der Waals surface area contributed by atoms with E-state index >= 15 is 0 Å². The number of aryl methyl sites for hydroxylation is 2. The summed E-state index contributed by atoms with van der Waals surface area (Å²) in [7, 11) is 0. The summed E-state index contributed by atoms with van der Waals surface area (Å²) >= 11 is 0. The fourth-order valence-electron chi connectivity index (χ4n) is 3.44. The maximum Gasteiger partial charge on any atom is 0.305 e. The quantitative estimate of drug-likeness (QED) is 0.823. The fraction of sp³-hybridized carbons (Fsp3) is 0.286. The third kappa shape index (κ3) is 4.34. The highest BCUT2D eigenvalue weighted by molar-refractivity contribution is 6.01. The van der Waals surface area contributed by atoms with Crippen LogP contribution in [0.1, 0.15) is 35.6 Å². The van der Waals surface area contributed by atoms with Gasteiger partial charge >= 0.3 is 5.97 Å². The number of hydrogen-bond acceptors (Lipinski definition) is 3. The lowest BCUT2D eigenvalue weighted by Crippen LogP contribution is -2.44. The molecule has 2 aromatic carbocycles. The van der Waals surface area contributed by atoms with Crippen LogP contribution < -0.4 is 10.2 Å². The molecule has 0 saturated carbocycles. The molecule has 2 N–H and O–H groups in total. The van der Waals surface area contributed by atoms with E-state index in [1.807, 2.05) is 55.5 Å². The predicted octanol–water partition coefficient (Wildman–Crippen LogP) is 2.61. The molecule has 0 fully saturated rings. The van der Waals surface area contributed by atoms with Crippen molar-refractivity contribution in [2.75, 3.05) is 11.4 Å². The van der Waals surface area contributed by atoms with E-state index in [1.165, 1.54) is 4.90 Å². The number of benzene rings is 2. The van der Waals surface area contributed by atoms with Crippen molar-refractivity contribution in [3.63, 3.8) is 0 Å². The smallest absolute Gasteiger partial charge is 0.305 e. The summed E-state index contributed by atoms with van der Waals surface area (Å²) in [5.41, 5.74) is 3.45. The number of anilines is 1. The summed E-state index contributed by atoms with van der Waals surface area (Å²) in [6.45, 7) is 1.75. The Bertz CT molecular complexity index is 878. The second-order valence-corrected chi connectivity index (χ2v) is 6.68. The van der Waals surface area contributed by atoms with Crippen LogP contribution in [0, 0.1) is 6.92 Å². The minimum absolute atomic E-state index is 0.102. The van der Waals surface area contributed by atoms with Gasteiger partial charge in [-0.1, -0.05) is 42.5 Å². The van der Waals surface area contributed by atoms with Gasteiger partial charge in [-0.05, 0) is 36.1 Å². The number of carbonyl (C=O) groups is 3. The number of amides is 2. The molecule has 0 spiro atoms. The number of carbonyl (C=O) groups excluding carboxylic acids is 2. The molecule has 0 radical (unpaired) electrons. The van der Waals surface area contributed by atoms with E-state index in [-0.39, 0.29) is 24.8 Å². The van der Waals surface area contributed by atoms with Gasteiger partial charge in [0, 0.05) is 12.1 Å². The molecule has 6 heteroatoms. The molecule has 1 aliphatic heterocycles. The minimum Gasteiger partial charge on any atom is -0.481 e. The molecular formula is C21H22N2O4. The predicted molar refractivity (Wildman–Crippen MR) is 101 cm³/mol. The lowest BCUT2D eigenvalue weighted by Gasteiger charge is -2.29. The largest absolute Gasteiger partial charge is 0.481 e. The molecule has 0 aromatic heterocycles. The SMILES string of the molecule is Cc1ccccc1C(CC(=O)O)NC(=O)CN1C(=O)CCc2ccccc21. The number of para-hydroxylation sites is 1. The lowest BCUT2D eigenvalue weighted by atomic mass is 9.98. The van der Waals surface area contributed by atoms with Gasteiger partial charge in [0.1, 0.15) is 6.54 Å². The normalized spacial score (nSPS) is 14.4. The summed E-state index contributed by atoms with van der Waals surface area (Å²) in [4.78, 5) is 37.7. The van der Waals surface area contributed by atoms with Crippen LogP contribution in [0.15, 0.2) is 48.5 Å². The highest BCUT2D eigenvalue weighted by Crippen LogP contribution is 2.27. The summed E-state index contributed by atoms with van der Waals surface area (Å²) < 4.78 is 0. The summed E-state index contributed by atoms with van der Waals surface area (Å²) in [6.07, 6.45) is 0.805. The Morgan fingerprint density at radius 1 is 1.11 bits per heavy atom. The first-order valence-electron chi connectivity index (χ1n) is 8.90. The van der Waals surface area contributed by atoms with E-state index in [0.29, 0.717) is 12.8 Å². The van der Waals surface area contributed by atoms with E-state index in [4.69, 9.17) is 0 Å². The number of carboxylic acid groups (broad SMARTS) is 1. The first kappa shape index (κ1) is 18.6. The van der Waals surface area contributed by atoms with Crippen molar-refractivity contribution in [1.29, 1.82) is 0 Å². The molecule has 2 amide bonds. The van der Waals surface area contributed by atoms with Crippen LogP contribution >= 0.6 is 0 Å². The number of carboxylic acids is 1. The van der Waals surface area contributed by atoms with Gasteiger partial charge < -0.3 is 15.3 Å². The molecule has 0 bridgehead atoms. The number of nitrogens with one attached hydrogen (secondary N) is 1. The highest BCUT2D eigenvalue weighted by Gasteiger charge is 2.27. The average molecular weight is 366 g/mol. The molecule has 1 atom stereocenters. The van der Waals surface area contributed by atoms with Crippen LogP contribution in [0.2, 0.25) is 0 Å². The van der Waals surface area contributed by atoms with Gasteiger partial charge in [0.25, 0.3) is 0 Å². The number of rotatable bonds is 6. The fourth-order valence-corrected chi connectivity index (χ4v) is 3.44. The van der Waals surface area contributed by atoms with Crippen LogP contribution in [0.25, 0.3) is 0 Å². The molecule has 1 aliphatic rings. The molecule has 1 unspecified atom stereocenters. The van der Waals surface area contributed by atoms with Crippen molar-refractivity contribution in [2.45, 2.75) is 32.2 Å². The van der Waals surface area contributed by atoms with E-state index in [0.717, 1.165) is 22.4 Å². The van der Waals surface area contributed by atoms with Crippen LogP contribution in [0.4, 0.5) is 5.69 Å². The molecule has 1 heterocycles. The van der Waals surface area contributed by atoms with Gasteiger partial charge in [0.2, 0.25) is 11.8 Å². The van der Waals surface area contributed by atoms with Crippen molar-refractivity contribution in [1.82, 2.24) is 5.32 Å². The first-order valence-corrected chi connectivity index (χ1v) is 8.90. The van der Waals surface area contributed by atoms with Crippen LogP contribution in [-0.2, 0) is 20.8 Å². The van der Waals surface area contributed by atoms with Gasteiger partial charge in [0.15, 0.2) is 0 Å². The van der Waals surface area contributed by atoms with E-state index in [2.05, 4.69) is 5.32 Å². The zero-order valence-electron chi connectivity index (χ0n) is 15.1. The van der Waals surface area contributed by atoms with E-state index in [9.17, 15) is 19.5 Å². The van der Waals surface area contributed by atoms with Crippen molar-refractivity contribution in [3.8, 4) is 0 Å². The van der Waals surface area contributed by atoms with Crippen molar-refractivity contribution >= 4 is 23.5 Å². The maximum absolute atomic E-state index is 12.6. The molecule has 0 aliphatic carbocycles. The van der Waals surface area contributed by atoms with E-state index < -0.39 is 12.0 Å². The number of hydrogen-bond donors (Lipinski definition) is 2. The second-order valence-electron chi connectivity index (χ2n) is 6.68. The topological polar surface area (TPSA) is 86.7 Å². The molecule has 140 valence electrons. The molecule has 27 heavy (non-hydrogen) atoms. The van der Waals surface area contributed by atoms with Crippen LogP contribution in [-0.4, -0.2) is 29.4 Å². The molecule has 0 saturated heterocycles. The summed E-state index contributed by atoms with van der Waals surface area (Å²) in [5.74, 6) is -1.48. The molecular weight excluding hydrogens is 344 g/mol. The Morgan fingerprint density at radius 3 is 2.56 bits per heavy atom. The molecule has 6 nitrogen and oxygen atoms in total. The first-order chi connectivity index (χ1) is 13.0. The summed E-state index contributed by atoms with van der Waals surface area (Å²) in [5, 5.41) is 12.0. The van der Waals surface area contributed by atoms with Crippen LogP contribution in [0.3, 0.4) is 0 Å². The summed E-state index contributed by atoms with van der Waals surface area (Å²) in [6, 6.07) is 14.2. The average Bonchev–Trinajstić information content (AvgIpc) is 2.63. The monoisotopic (exact) mass is 366 g/mol. The third-order valence-electron chi connectivity index (χ3n) is 4.77. The Hall–Kier alpha value is -3.15. The van der Waals surface area contributed by atoms with Crippen molar-refractivity contribution in [3.05, 3.63) is 65.2 Å². The highest BCUT2D eigenvalue weighted by atomic mass is 16.4. The van der Waals surface area contributed by atoms with E-state index in [1.54, 1.807) is 0 Å². The van der Waals surface area contributed by atoms with Gasteiger partial charge in [0.05, 0.1) is 12.5 Å². The number of nitrogens with zero attached hydrogens (tertiary/aromatic N) is 1. The Labute approximate surface area is 157 Å². The van der Waals surface area contributed by atoms with Crippen molar-refractivity contribution in [2.24, 2.45) is 0 Å². The minimum atomic E-state index is -0.997. The lowest BCUT2D eigenvalue weighted by molar-refractivity contribution is -0.137. The van der Waals surface area contributed by atoms with Crippen molar-refractivity contribution < 1.29 is 19.5 Å².